The first-order chi connectivity index (χ1) is 11.6. The number of carbonyl (C=O) groups excluding carboxylic acids is 1. The zero-order valence-electron chi connectivity index (χ0n) is 14.9. The first-order valence-electron chi connectivity index (χ1n) is 9.25. The highest BCUT2D eigenvalue weighted by atomic mass is 16.5. The van der Waals surface area contributed by atoms with Crippen molar-refractivity contribution in [2.24, 2.45) is 5.41 Å². The number of ketones is 1. The summed E-state index contributed by atoms with van der Waals surface area (Å²) in [6.07, 6.45) is 10.2. The minimum atomic E-state index is -0.224. The van der Waals surface area contributed by atoms with Crippen LogP contribution < -0.4 is 4.74 Å². The summed E-state index contributed by atoms with van der Waals surface area (Å²) in [5, 5.41) is 0. The van der Waals surface area contributed by atoms with Gasteiger partial charge in [-0.05, 0) is 73.4 Å². The van der Waals surface area contributed by atoms with E-state index >= 15 is 0 Å². The topological polar surface area (TPSA) is 26.3 Å². The molecule has 0 radical (unpaired) electrons. The minimum absolute atomic E-state index is 0.114. The van der Waals surface area contributed by atoms with Gasteiger partial charge in [0.25, 0.3) is 0 Å². The first kappa shape index (κ1) is 15.7. The average molecular weight is 322 g/mol. The summed E-state index contributed by atoms with van der Waals surface area (Å²) < 4.78 is 5.43. The second kappa shape index (κ2) is 5.34. The third-order valence-electron chi connectivity index (χ3n) is 6.95. The van der Waals surface area contributed by atoms with Gasteiger partial charge in [0.15, 0.2) is 5.78 Å². The van der Waals surface area contributed by atoms with Gasteiger partial charge in [-0.3, -0.25) is 4.79 Å². The maximum Gasteiger partial charge on any atom is 0.166 e. The molecule has 4 rings (SSSR count). The largest absolute Gasteiger partial charge is 0.497 e. The summed E-state index contributed by atoms with van der Waals surface area (Å²) in [7, 11) is 1.73. The van der Waals surface area contributed by atoms with E-state index in [1.165, 1.54) is 22.3 Å². The molecule has 0 bridgehead atoms. The Kier molecular flexibility index (Phi) is 3.49. The van der Waals surface area contributed by atoms with Crippen LogP contribution in [0.25, 0.3) is 0 Å². The maximum absolute atomic E-state index is 12.6. The van der Waals surface area contributed by atoms with Gasteiger partial charge in [-0.25, -0.2) is 0 Å². The molecule has 1 aromatic rings. The fourth-order valence-electron chi connectivity index (χ4n) is 5.52. The van der Waals surface area contributed by atoms with Gasteiger partial charge in [0.1, 0.15) is 5.75 Å². The van der Waals surface area contributed by atoms with E-state index in [-0.39, 0.29) is 10.8 Å². The summed E-state index contributed by atoms with van der Waals surface area (Å²) >= 11 is 0. The zero-order valence-corrected chi connectivity index (χ0v) is 14.9. The van der Waals surface area contributed by atoms with Crippen molar-refractivity contribution in [3.8, 4) is 5.75 Å². The molecule has 2 atom stereocenters. The second-order valence-corrected chi connectivity index (χ2v) is 7.48. The van der Waals surface area contributed by atoms with Gasteiger partial charge in [-0.2, -0.15) is 0 Å². The van der Waals surface area contributed by atoms with Crippen LogP contribution in [0, 0.1) is 5.41 Å². The lowest BCUT2D eigenvalue weighted by Gasteiger charge is -2.49. The normalized spacial score (nSPS) is 30.9. The Morgan fingerprint density at radius 2 is 1.79 bits per heavy atom. The molecule has 0 aromatic heterocycles. The molecule has 24 heavy (non-hydrogen) atoms. The number of hydrogen-bond acceptors (Lipinski definition) is 2. The number of ether oxygens (including phenoxy) is 1. The predicted molar refractivity (Wildman–Crippen MR) is 96.4 cm³/mol. The second-order valence-electron chi connectivity index (χ2n) is 7.48. The molecular weight excluding hydrogens is 296 g/mol. The maximum atomic E-state index is 12.6. The highest BCUT2D eigenvalue weighted by Gasteiger charge is 2.52. The molecule has 126 valence electrons. The Hall–Kier alpha value is -1.83. The van der Waals surface area contributed by atoms with Gasteiger partial charge in [0.2, 0.25) is 0 Å². The molecule has 2 heteroatoms. The number of aryl methyl sites for hydroxylation is 1. The van der Waals surface area contributed by atoms with E-state index in [0.29, 0.717) is 5.78 Å². The minimum Gasteiger partial charge on any atom is -0.497 e. The Labute approximate surface area is 144 Å². The molecular formula is C22H26O2. The Morgan fingerprint density at radius 3 is 2.50 bits per heavy atom. The molecule has 3 aliphatic rings. The molecule has 2 nitrogen and oxygen atoms in total. The molecule has 0 fully saturated rings. The van der Waals surface area contributed by atoms with Crippen molar-refractivity contribution < 1.29 is 9.53 Å². The number of allylic oxidation sites excluding steroid dienone is 4. The van der Waals surface area contributed by atoms with Crippen molar-refractivity contribution in [3.63, 3.8) is 0 Å². The van der Waals surface area contributed by atoms with Gasteiger partial charge in [-0.15, -0.1) is 0 Å². The summed E-state index contributed by atoms with van der Waals surface area (Å²) in [6.45, 7) is 4.48. The van der Waals surface area contributed by atoms with Crippen LogP contribution in [-0.2, 0) is 16.6 Å². The lowest BCUT2D eigenvalue weighted by molar-refractivity contribution is -0.122. The van der Waals surface area contributed by atoms with Crippen LogP contribution in [0.5, 0.6) is 5.75 Å². The fourth-order valence-corrected chi connectivity index (χ4v) is 5.52. The molecule has 0 N–H and O–H groups in total. The molecule has 0 spiro atoms. The summed E-state index contributed by atoms with van der Waals surface area (Å²) in [5.41, 5.74) is 5.68. The van der Waals surface area contributed by atoms with Gasteiger partial charge < -0.3 is 4.74 Å². The third kappa shape index (κ3) is 1.80. The SMILES string of the molecule is CCC12CCC3(CC)C(=C1C=CC2=O)CCc1cc(OC)ccc13. The van der Waals surface area contributed by atoms with Gasteiger partial charge in [0.05, 0.1) is 12.5 Å². The summed E-state index contributed by atoms with van der Waals surface area (Å²) in [4.78, 5) is 12.6. The fraction of sp³-hybridized carbons (Fsp3) is 0.500. The van der Waals surface area contributed by atoms with E-state index in [9.17, 15) is 4.79 Å². The highest BCUT2D eigenvalue weighted by Crippen LogP contribution is 2.59. The third-order valence-corrected chi connectivity index (χ3v) is 6.95. The zero-order chi connectivity index (χ0) is 16.9. The standard InChI is InChI=1S/C22H26O2/c1-4-21-12-13-22(5-2)19(10-11-20(22)23)18(21)8-6-15-14-16(24-3)7-9-17(15)21/h7,9-11,14H,4-6,8,12-13H2,1-3H3. The molecule has 1 aromatic carbocycles. The van der Waals surface area contributed by atoms with Gasteiger partial charge in [0, 0.05) is 5.41 Å². The molecule has 2 unspecified atom stereocenters. The molecule has 0 saturated carbocycles. The van der Waals surface area contributed by atoms with E-state index in [2.05, 4.69) is 38.1 Å². The Balaban J connectivity index is 1.93. The lowest BCUT2D eigenvalue weighted by atomic mass is 9.53. The van der Waals surface area contributed by atoms with Crippen molar-refractivity contribution in [2.45, 2.75) is 57.8 Å². The van der Waals surface area contributed by atoms with Gasteiger partial charge in [-0.1, -0.05) is 31.6 Å². The number of carbonyl (C=O) groups is 1. The van der Waals surface area contributed by atoms with E-state index in [1.807, 2.05) is 6.08 Å². The summed E-state index contributed by atoms with van der Waals surface area (Å²) in [5.74, 6) is 1.28. The van der Waals surface area contributed by atoms with E-state index in [4.69, 9.17) is 4.74 Å². The van der Waals surface area contributed by atoms with Gasteiger partial charge >= 0.3 is 0 Å². The van der Waals surface area contributed by atoms with Crippen LogP contribution in [-0.4, -0.2) is 12.9 Å². The van der Waals surface area contributed by atoms with Crippen molar-refractivity contribution in [3.05, 3.63) is 52.6 Å². The number of benzene rings is 1. The van der Waals surface area contributed by atoms with Crippen molar-refractivity contribution in [2.75, 3.05) is 7.11 Å². The Bertz CT molecular complexity index is 770. The van der Waals surface area contributed by atoms with Crippen LogP contribution in [0.2, 0.25) is 0 Å². The smallest absolute Gasteiger partial charge is 0.166 e. The quantitative estimate of drug-likeness (QED) is 0.790. The van der Waals surface area contributed by atoms with E-state index in [1.54, 1.807) is 7.11 Å². The van der Waals surface area contributed by atoms with E-state index in [0.717, 1.165) is 44.3 Å². The van der Waals surface area contributed by atoms with Crippen LogP contribution in [0.15, 0.2) is 41.5 Å². The molecule has 0 heterocycles. The van der Waals surface area contributed by atoms with Crippen LogP contribution in [0.3, 0.4) is 0 Å². The van der Waals surface area contributed by atoms with E-state index < -0.39 is 0 Å². The lowest BCUT2D eigenvalue weighted by Crippen LogP contribution is -2.43. The Morgan fingerprint density at radius 1 is 1.04 bits per heavy atom. The van der Waals surface area contributed by atoms with Crippen LogP contribution in [0.4, 0.5) is 0 Å². The summed E-state index contributed by atoms with van der Waals surface area (Å²) in [6, 6.07) is 6.59. The first-order valence-corrected chi connectivity index (χ1v) is 9.25. The van der Waals surface area contributed by atoms with Crippen molar-refractivity contribution in [1.82, 2.24) is 0 Å². The number of methoxy groups -OCH3 is 1. The molecule has 3 aliphatic carbocycles. The number of fused-ring (bicyclic) bond motifs is 4. The average Bonchev–Trinajstić information content (AvgIpc) is 2.97. The number of rotatable bonds is 3. The van der Waals surface area contributed by atoms with Crippen LogP contribution in [0.1, 0.15) is 57.1 Å². The predicted octanol–water partition coefficient (Wildman–Crippen LogP) is 4.91. The highest BCUT2D eigenvalue weighted by molar-refractivity contribution is 6.02. The molecule has 0 amide bonds. The van der Waals surface area contributed by atoms with Crippen molar-refractivity contribution in [1.29, 1.82) is 0 Å². The molecule has 0 saturated heterocycles. The van der Waals surface area contributed by atoms with Crippen molar-refractivity contribution >= 4 is 5.78 Å². The van der Waals surface area contributed by atoms with Crippen LogP contribution >= 0.6 is 0 Å². The monoisotopic (exact) mass is 322 g/mol. The number of hydrogen-bond donors (Lipinski definition) is 0. The molecule has 0 aliphatic heterocycles.